The number of aromatic nitrogens is 4. The van der Waals surface area contributed by atoms with Crippen molar-refractivity contribution in [3.63, 3.8) is 0 Å². The van der Waals surface area contributed by atoms with Crippen molar-refractivity contribution in [1.82, 2.24) is 19.7 Å². The van der Waals surface area contributed by atoms with Gasteiger partial charge in [-0.3, -0.25) is 4.79 Å². The zero-order chi connectivity index (χ0) is 20.1. The van der Waals surface area contributed by atoms with Crippen LogP contribution in [0, 0.1) is 12.8 Å². The molecule has 0 bridgehead atoms. The summed E-state index contributed by atoms with van der Waals surface area (Å²) >= 11 is 1.56. The van der Waals surface area contributed by atoms with E-state index in [0.717, 1.165) is 28.8 Å². The van der Waals surface area contributed by atoms with E-state index in [1.165, 1.54) is 5.56 Å². The van der Waals surface area contributed by atoms with E-state index in [2.05, 4.69) is 33.6 Å². The Bertz CT molecular complexity index is 930. The average molecular weight is 400 g/mol. The topological polar surface area (TPSA) is 99.8 Å². The molecule has 1 amide bonds. The number of thioether (sulfide) groups is 1. The van der Waals surface area contributed by atoms with E-state index in [-0.39, 0.29) is 12.3 Å². The minimum absolute atomic E-state index is 0.268. The van der Waals surface area contributed by atoms with Crippen LogP contribution in [0.25, 0.3) is 11.5 Å². The Morgan fingerprint density at radius 1 is 1.25 bits per heavy atom. The highest BCUT2D eigenvalue weighted by Gasteiger charge is 2.16. The first-order valence-corrected chi connectivity index (χ1v) is 10.3. The monoisotopic (exact) mass is 399 g/mol. The molecule has 0 saturated heterocycles. The van der Waals surface area contributed by atoms with Gasteiger partial charge >= 0.3 is 0 Å². The van der Waals surface area contributed by atoms with Crippen molar-refractivity contribution in [2.75, 3.05) is 0 Å². The van der Waals surface area contributed by atoms with Crippen molar-refractivity contribution in [3.8, 4) is 11.5 Å². The zero-order valence-electron chi connectivity index (χ0n) is 16.4. The predicted molar refractivity (Wildman–Crippen MR) is 109 cm³/mol. The van der Waals surface area contributed by atoms with E-state index in [0.29, 0.717) is 24.0 Å². The molecule has 0 saturated carbocycles. The molecule has 1 aromatic carbocycles. The quantitative estimate of drug-likeness (QED) is 0.552. The number of oxazole rings is 1. The fraction of sp³-hybridized carbons (Fsp3) is 0.400. The molecule has 3 rings (SSSR count). The molecule has 0 aliphatic heterocycles. The first-order chi connectivity index (χ1) is 13.4. The van der Waals surface area contributed by atoms with E-state index in [9.17, 15) is 4.79 Å². The minimum atomic E-state index is -0.334. The molecule has 0 aliphatic rings. The highest BCUT2D eigenvalue weighted by atomic mass is 32.2. The molecule has 0 spiro atoms. The van der Waals surface area contributed by atoms with Gasteiger partial charge in [0, 0.05) is 30.7 Å². The second kappa shape index (κ2) is 9.05. The van der Waals surface area contributed by atoms with Gasteiger partial charge in [-0.2, -0.15) is 0 Å². The van der Waals surface area contributed by atoms with Crippen LogP contribution in [0.1, 0.15) is 37.4 Å². The van der Waals surface area contributed by atoms with Crippen molar-refractivity contribution in [3.05, 3.63) is 47.6 Å². The second-order valence-corrected chi connectivity index (χ2v) is 8.11. The Kier molecular flexibility index (Phi) is 6.51. The van der Waals surface area contributed by atoms with Crippen molar-refractivity contribution in [2.45, 2.75) is 51.1 Å². The lowest BCUT2D eigenvalue weighted by Crippen LogP contribution is -2.15. The van der Waals surface area contributed by atoms with E-state index < -0.39 is 0 Å². The average Bonchev–Trinajstić information content (AvgIpc) is 3.26. The van der Waals surface area contributed by atoms with Gasteiger partial charge in [0.15, 0.2) is 5.16 Å². The Labute approximate surface area is 168 Å². The molecular weight excluding hydrogens is 374 g/mol. The molecule has 0 atom stereocenters. The van der Waals surface area contributed by atoms with Crippen LogP contribution in [-0.4, -0.2) is 25.7 Å². The lowest BCUT2D eigenvalue weighted by molar-refractivity contribution is -0.118. The Morgan fingerprint density at radius 3 is 2.68 bits per heavy atom. The van der Waals surface area contributed by atoms with Gasteiger partial charge in [0.2, 0.25) is 11.8 Å². The summed E-state index contributed by atoms with van der Waals surface area (Å²) in [5.74, 6) is 2.13. The summed E-state index contributed by atoms with van der Waals surface area (Å²) in [5.41, 5.74) is 8.27. The lowest BCUT2D eigenvalue weighted by Gasteiger charge is -2.11. The molecule has 0 aliphatic carbocycles. The van der Waals surface area contributed by atoms with Gasteiger partial charge in [-0.15, -0.1) is 10.2 Å². The van der Waals surface area contributed by atoms with Crippen LogP contribution in [0.15, 0.2) is 40.1 Å². The van der Waals surface area contributed by atoms with Crippen LogP contribution in [-0.2, 0) is 23.5 Å². The smallest absolute Gasteiger partial charge is 0.226 e. The van der Waals surface area contributed by atoms with Gasteiger partial charge in [0.05, 0.1) is 5.69 Å². The lowest BCUT2D eigenvalue weighted by atomic mass is 10.1. The van der Waals surface area contributed by atoms with Gasteiger partial charge in [-0.1, -0.05) is 43.3 Å². The molecule has 148 valence electrons. The summed E-state index contributed by atoms with van der Waals surface area (Å²) in [5, 5.41) is 9.37. The third-order valence-electron chi connectivity index (χ3n) is 4.14. The molecule has 2 N–H and O–H groups in total. The number of nitrogens with two attached hydrogens (primary N) is 1. The predicted octanol–water partition coefficient (Wildman–Crippen LogP) is 3.61. The molecule has 28 heavy (non-hydrogen) atoms. The first kappa shape index (κ1) is 20.1. The summed E-state index contributed by atoms with van der Waals surface area (Å²) in [6.07, 6.45) is 2.45. The number of nitrogens with zero attached hydrogens (tertiary/aromatic N) is 4. The van der Waals surface area contributed by atoms with Crippen LogP contribution < -0.4 is 5.73 Å². The Hall–Kier alpha value is -2.61. The van der Waals surface area contributed by atoms with Crippen molar-refractivity contribution >= 4 is 17.7 Å². The molecule has 7 nitrogen and oxygen atoms in total. The van der Waals surface area contributed by atoms with Crippen LogP contribution in [0.4, 0.5) is 0 Å². The third kappa shape index (κ3) is 5.22. The van der Waals surface area contributed by atoms with Gasteiger partial charge < -0.3 is 14.7 Å². The number of rotatable bonds is 9. The van der Waals surface area contributed by atoms with Crippen LogP contribution in [0.2, 0.25) is 0 Å². The minimum Gasteiger partial charge on any atom is -0.444 e. The summed E-state index contributed by atoms with van der Waals surface area (Å²) in [7, 11) is 0. The highest BCUT2D eigenvalue weighted by Crippen LogP contribution is 2.25. The zero-order valence-corrected chi connectivity index (χ0v) is 17.2. The van der Waals surface area contributed by atoms with Crippen LogP contribution in [0.3, 0.4) is 0 Å². The Balaban J connectivity index is 1.70. The number of hydrogen-bond acceptors (Lipinski definition) is 6. The number of carbonyl (C=O) groups excluding carboxylic acids is 1. The summed E-state index contributed by atoms with van der Waals surface area (Å²) in [6.45, 7) is 7.11. The molecule has 8 heteroatoms. The molecular formula is C20H25N5O2S. The van der Waals surface area contributed by atoms with Crippen molar-refractivity contribution in [1.29, 1.82) is 0 Å². The summed E-state index contributed by atoms with van der Waals surface area (Å²) in [6, 6.07) is 8.08. The van der Waals surface area contributed by atoms with E-state index in [4.69, 9.17) is 10.2 Å². The van der Waals surface area contributed by atoms with Gasteiger partial charge in [-0.05, 0) is 25.0 Å². The standard InChI is InChI=1S/C20H25N5O2S/c1-13(2)10-25-18(9-8-17(21)26)23-24-20(25)28-12-16-11-27-19(22-16)15-6-4-14(3)5-7-15/h4-7,11,13H,8-10,12H2,1-3H3,(H2,21,26). The number of carbonyl (C=O) groups is 1. The SMILES string of the molecule is Cc1ccc(-c2nc(CSc3nnc(CCC(N)=O)n3CC(C)C)co2)cc1. The number of benzene rings is 1. The summed E-state index contributed by atoms with van der Waals surface area (Å²) in [4.78, 5) is 15.7. The van der Waals surface area contributed by atoms with E-state index in [1.807, 2.05) is 31.2 Å². The molecule has 2 heterocycles. The van der Waals surface area contributed by atoms with Crippen molar-refractivity contribution in [2.24, 2.45) is 11.7 Å². The maximum absolute atomic E-state index is 11.1. The number of amides is 1. The fourth-order valence-corrected chi connectivity index (χ4v) is 3.58. The van der Waals surface area contributed by atoms with Crippen LogP contribution >= 0.6 is 11.8 Å². The number of hydrogen-bond donors (Lipinski definition) is 1. The third-order valence-corrected chi connectivity index (χ3v) is 5.14. The molecule has 0 unspecified atom stereocenters. The van der Waals surface area contributed by atoms with Gasteiger partial charge in [-0.25, -0.2) is 4.98 Å². The maximum Gasteiger partial charge on any atom is 0.226 e. The van der Waals surface area contributed by atoms with Crippen molar-refractivity contribution < 1.29 is 9.21 Å². The molecule has 3 aromatic rings. The summed E-state index contributed by atoms with van der Waals surface area (Å²) < 4.78 is 7.69. The van der Waals surface area contributed by atoms with E-state index in [1.54, 1.807) is 18.0 Å². The Morgan fingerprint density at radius 2 is 2.00 bits per heavy atom. The number of primary amides is 1. The maximum atomic E-state index is 11.1. The van der Waals surface area contributed by atoms with E-state index >= 15 is 0 Å². The molecule has 0 radical (unpaired) electrons. The molecule has 0 fully saturated rings. The second-order valence-electron chi connectivity index (χ2n) is 7.17. The van der Waals surface area contributed by atoms with Gasteiger partial charge in [0.1, 0.15) is 12.1 Å². The first-order valence-electron chi connectivity index (χ1n) is 9.27. The fourth-order valence-electron chi connectivity index (χ4n) is 2.73. The normalized spacial score (nSPS) is 11.3. The number of aryl methyl sites for hydroxylation is 2. The van der Waals surface area contributed by atoms with Gasteiger partial charge in [0.25, 0.3) is 0 Å². The highest BCUT2D eigenvalue weighted by molar-refractivity contribution is 7.98. The largest absolute Gasteiger partial charge is 0.444 e. The molecule has 2 aromatic heterocycles. The van der Waals surface area contributed by atoms with Crippen LogP contribution in [0.5, 0.6) is 0 Å².